The number of carbonyl (C=O) groups excluding carboxylic acids is 5. The predicted molar refractivity (Wildman–Crippen MR) is 95.2 cm³/mol. The van der Waals surface area contributed by atoms with Gasteiger partial charge in [-0.2, -0.15) is 0 Å². The Kier molecular flexibility index (Phi) is 12.3. The van der Waals surface area contributed by atoms with Crippen molar-refractivity contribution in [1.29, 1.82) is 0 Å². The summed E-state index contributed by atoms with van der Waals surface area (Å²) >= 11 is 0.938. The van der Waals surface area contributed by atoms with Crippen LogP contribution in [0.2, 0.25) is 0 Å². The van der Waals surface area contributed by atoms with Gasteiger partial charge in [0.25, 0.3) is 0 Å². The van der Waals surface area contributed by atoms with Crippen molar-refractivity contribution in [2.75, 3.05) is 20.0 Å². The van der Waals surface area contributed by atoms with Crippen molar-refractivity contribution in [2.24, 2.45) is 5.73 Å². The Morgan fingerprint density at radius 3 is 2.23 bits per heavy atom. The minimum absolute atomic E-state index is 0.0581. The van der Waals surface area contributed by atoms with Gasteiger partial charge in [-0.1, -0.05) is 18.7 Å². The van der Waals surface area contributed by atoms with Crippen LogP contribution in [0.15, 0.2) is 0 Å². The second kappa shape index (κ2) is 13.3. The fourth-order valence-corrected chi connectivity index (χ4v) is 2.64. The van der Waals surface area contributed by atoms with Crippen LogP contribution in [0, 0.1) is 0 Å². The van der Waals surface area contributed by atoms with Gasteiger partial charge in [-0.3, -0.25) is 24.0 Å². The third-order valence-corrected chi connectivity index (χ3v) is 4.52. The number of hydrogen-bond donors (Lipinski definition) is 2. The van der Waals surface area contributed by atoms with Crippen LogP contribution in [-0.2, 0) is 33.4 Å². The van der Waals surface area contributed by atoms with E-state index in [4.69, 9.17) is 5.73 Å². The molecule has 9 nitrogen and oxygen atoms in total. The van der Waals surface area contributed by atoms with Crippen molar-refractivity contribution in [3.05, 3.63) is 0 Å². The number of Topliss-reactive ketones (excluding diaryl/α,β-unsaturated/α-hetero) is 1. The van der Waals surface area contributed by atoms with Crippen LogP contribution < -0.4 is 11.1 Å². The average Bonchev–Trinajstić information content (AvgIpc) is 2.65. The molecule has 0 fully saturated rings. The third-order valence-electron chi connectivity index (χ3n) is 3.41. The molecule has 3 N–H and O–H groups in total. The molecule has 0 aromatic carbocycles. The van der Waals surface area contributed by atoms with Gasteiger partial charge < -0.3 is 20.5 Å². The van der Waals surface area contributed by atoms with Crippen molar-refractivity contribution < 1.29 is 33.4 Å². The fourth-order valence-electron chi connectivity index (χ4n) is 1.82. The van der Waals surface area contributed by atoms with Crippen LogP contribution in [0.3, 0.4) is 0 Å². The van der Waals surface area contributed by atoms with Crippen molar-refractivity contribution in [3.63, 3.8) is 0 Å². The summed E-state index contributed by atoms with van der Waals surface area (Å²) < 4.78 is 8.95. The Morgan fingerprint density at radius 1 is 1.04 bits per heavy atom. The van der Waals surface area contributed by atoms with E-state index in [1.807, 2.05) is 0 Å². The lowest BCUT2D eigenvalue weighted by Crippen LogP contribution is -2.43. The summed E-state index contributed by atoms with van der Waals surface area (Å²) in [5.41, 5.74) is 5.56. The zero-order valence-corrected chi connectivity index (χ0v) is 16.1. The summed E-state index contributed by atoms with van der Waals surface area (Å²) in [7, 11) is 2.41. The number of esters is 2. The molecule has 0 rings (SSSR count). The summed E-state index contributed by atoms with van der Waals surface area (Å²) in [6.07, 6.45) is 0.0587. The predicted octanol–water partition coefficient (Wildman–Crippen LogP) is -0.0562. The highest BCUT2D eigenvalue weighted by Gasteiger charge is 2.23. The SMILES string of the molecule is CCC(=O)SC[C@H](NC(=O)CC[C@H](N)C(=O)OC)C(=O)CCC(=O)OC. The van der Waals surface area contributed by atoms with Crippen LogP contribution in [-0.4, -0.2) is 60.8 Å². The zero-order valence-electron chi connectivity index (χ0n) is 15.2. The number of rotatable bonds is 12. The molecule has 148 valence electrons. The molecule has 0 aromatic heterocycles. The smallest absolute Gasteiger partial charge is 0.322 e. The maximum Gasteiger partial charge on any atom is 0.322 e. The highest BCUT2D eigenvalue weighted by molar-refractivity contribution is 8.13. The normalized spacial score (nSPS) is 12.6. The van der Waals surface area contributed by atoms with Crippen LogP contribution in [0.25, 0.3) is 0 Å². The molecule has 0 aromatic rings. The van der Waals surface area contributed by atoms with Crippen LogP contribution >= 0.6 is 11.8 Å². The molecule has 26 heavy (non-hydrogen) atoms. The van der Waals surface area contributed by atoms with E-state index in [1.54, 1.807) is 6.92 Å². The first kappa shape index (κ1) is 24.1. The van der Waals surface area contributed by atoms with Crippen LogP contribution in [0.1, 0.15) is 39.0 Å². The Hall–Kier alpha value is -1.94. The van der Waals surface area contributed by atoms with E-state index in [2.05, 4.69) is 14.8 Å². The van der Waals surface area contributed by atoms with Gasteiger partial charge >= 0.3 is 11.9 Å². The van der Waals surface area contributed by atoms with E-state index in [-0.39, 0.29) is 42.3 Å². The summed E-state index contributed by atoms with van der Waals surface area (Å²) in [5.74, 6) is -1.96. The lowest BCUT2D eigenvalue weighted by Gasteiger charge is -2.17. The molecule has 0 spiro atoms. The number of carbonyl (C=O) groups is 5. The molecule has 0 unspecified atom stereocenters. The van der Waals surface area contributed by atoms with Gasteiger partial charge in [0, 0.05) is 25.0 Å². The van der Waals surface area contributed by atoms with Crippen molar-refractivity contribution in [1.82, 2.24) is 5.32 Å². The summed E-state index contributed by atoms with van der Waals surface area (Å²) in [6, 6.07) is -1.85. The number of amides is 1. The second-order valence-corrected chi connectivity index (χ2v) is 6.44. The van der Waals surface area contributed by atoms with Crippen molar-refractivity contribution in [3.8, 4) is 0 Å². The Balaban J connectivity index is 4.69. The Morgan fingerprint density at radius 2 is 1.69 bits per heavy atom. The van der Waals surface area contributed by atoms with Gasteiger partial charge in [-0.25, -0.2) is 0 Å². The maximum atomic E-state index is 12.2. The zero-order chi connectivity index (χ0) is 20.1. The molecular formula is C16H26N2O7S. The Labute approximate surface area is 156 Å². The molecule has 0 radical (unpaired) electrons. The molecule has 1 amide bonds. The summed E-state index contributed by atoms with van der Waals surface area (Å²) in [4.78, 5) is 58.1. The van der Waals surface area contributed by atoms with E-state index >= 15 is 0 Å². The lowest BCUT2D eigenvalue weighted by molar-refractivity contribution is -0.142. The summed E-state index contributed by atoms with van der Waals surface area (Å²) in [5, 5.41) is 2.42. The molecule has 0 heterocycles. The van der Waals surface area contributed by atoms with Gasteiger partial charge in [-0.15, -0.1) is 0 Å². The number of hydrogen-bond acceptors (Lipinski definition) is 9. The molecule has 2 atom stereocenters. The van der Waals surface area contributed by atoms with E-state index in [1.165, 1.54) is 14.2 Å². The molecule has 0 aliphatic heterocycles. The third kappa shape index (κ3) is 10.1. The largest absolute Gasteiger partial charge is 0.469 e. The number of nitrogens with one attached hydrogen (secondary N) is 1. The minimum Gasteiger partial charge on any atom is -0.469 e. The topological polar surface area (TPSA) is 142 Å². The van der Waals surface area contributed by atoms with Crippen molar-refractivity contribution in [2.45, 2.75) is 51.1 Å². The Bertz CT molecular complexity index is 525. The van der Waals surface area contributed by atoms with Gasteiger partial charge in [0.05, 0.1) is 26.7 Å². The molecule has 0 aliphatic rings. The number of ether oxygens (including phenoxy) is 2. The van der Waals surface area contributed by atoms with Gasteiger partial charge in [-0.05, 0) is 6.42 Å². The second-order valence-electron chi connectivity index (χ2n) is 5.37. The molecule has 0 bridgehead atoms. The molecule has 0 saturated carbocycles. The molecule has 0 aliphatic carbocycles. The van der Waals surface area contributed by atoms with Gasteiger partial charge in [0.15, 0.2) is 10.9 Å². The first-order valence-corrected chi connectivity index (χ1v) is 9.11. The highest BCUT2D eigenvalue weighted by Crippen LogP contribution is 2.10. The number of methoxy groups -OCH3 is 2. The number of nitrogens with two attached hydrogens (primary N) is 1. The summed E-state index contributed by atoms with van der Waals surface area (Å²) in [6.45, 7) is 1.69. The van der Waals surface area contributed by atoms with Gasteiger partial charge in [0.2, 0.25) is 5.91 Å². The van der Waals surface area contributed by atoms with E-state index in [0.29, 0.717) is 6.42 Å². The molecular weight excluding hydrogens is 364 g/mol. The van der Waals surface area contributed by atoms with Crippen LogP contribution in [0.4, 0.5) is 0 Å². The first-order valence-electron chi connectivity index (χ1n) is 8.13. The van der Waals surface area contributed by atoms with E-state index < -0.39 is 29.9 Å². The number of ketones is 1. The highest BCUT2D eigenvalue weighted by atomic mass is 32.2. The maximum absolute atomic E-state index is 12.2. The average molecular weight is 390 g/mol. The van der Waals surface area contributed by atoms with E-state index in [0.717, 1.165) is 11.8 Å². The first-order chi connectivity index (χ1) is 12.2. The standard InChI is InChI=1S/C16H26N2O7S/c1-4-15(22)26-9-11(12(19)6-8-14(21)24-2)18-13(20)7-5-10(17)16(23)25-3/h10-11H,4-9,17H2,1-3H3,(H,18,20)/t10-,11-/m0/s1. The van der Waals surface area contributed by atoms with Crippen LogP contribution in [0.5, 0.6) is 0 Å². The van der Waals surface area contributed by atoms with E-state index in [9.17, 15) is 24.0 Å². The number of thioether (sulfide) groups is 1. The fraction of sp³-hybridized carbons (Fsp3) is 0.688. The monoisotopic (exact) mass is 390 g/mol. The quantitative estimate of drug-likeness (QED) is 0.438. The van der Waals surface area contributed by atoms with Crippen molar-refractivity contribution >= 4 is 40.5 Å². The lowest BCUT2D eigenvalue weighted by atomic mass is 10.1. The molecule has 10 heteroatoms. The van der Waals surface area contributed by atoms with Gasteiger partial charge in [0.1, 0.15) is 6.04 Å². The minimum atomic E-state index is -0.935. The molecule has 0 saturated heterocycles.